The molecule has 1 aromatic heterocycles. The lowest BCUT2D eigenvalue weighted by molar-refractivity contribution is 0.180. The van der Waals surface area contributed by atoms with Gasteiger partial charge in [-0.1, -0.05) is 0 Å². The second kappa shape index (κ2) is 3.67. The predicted octanol–water partition coefficient (Wildman–Crippen LogP) is 1.45. The molecule has 0 fully saturated rings. The van der Waals surface area contributed by atoms with E-state index < -0.39 is 0 Å². The van der Waals surface area contributed by atoms with E-state index in [0.717, 1.165) is 24.5 Å². The summed E-state index contributed by atoms with van der Waals surface area (Å²) in [5.41, 5.74) is 6.31. The molecule has 3 nitrogen and oxygen atoms in total. The highest BCUT2D eigenvalue weighted by Gasteiger charge is 2.18. The maximum Gasteiger partial charge on any atom is 0.0887 e. The summed E-state index contributed by atoms with van der Waals surface area (Å²) in [7, 11) is 1.71. The van der Waals surface area contributed by atoms with Crippen molar-refractivity contribution in [2.45, 2.75) is 33.5 Å². The van der Waals surface area contributed by atoms with E-state index in [9.17, 15) is 0 Å². The highest BCUT2D eigenvalue weighted by molar-refractivity contribution is 5.41. The molecule has 14 heavy (non-hydrogen) atoms. The zero-order chi connectivity index (χ0) is 10.1. The summed E-state index contributed by atoms with van der Waals surface area (Å²) in [5, 5.41) is 3.36. The van der Waals surface area contributed by atoms with Gasteiger partial charge in [-0.25, -0.2) is 0 Å². The van der Waals surface area contributed by atoms with Crippen molar-refractivity contribution < 1.29 is 4.74 Å². The van der Waals surface area contributed by atoms with E-state index in [1.807, 2.05) is 0 Å². The normalized spacial score (nSPS) is 14.5. The van der Waals surface area contributed by atoms with Crippen LogP contribution in [0.15, 0.2) is 0 Å². The number of fused-ring (bicyclic) bond motifs is 1. The number of aromatic nitrogens is 1. The third kappa shape index (κ3) is 1.42. The molecule has 2 rings (SSSR count). The van der Waals surface area contributed by atoms with Gasteiger partial charge in [0.25, 0.3) is 0 Å². The van der Waals surface area contributed by atoms with Crippen molar-refractivity contribution in [3.05, 3.63) is 28.1 Å². The molecule has 0 bridgehead atoms. The largest absolute Gasteiger partial charge is 0.378 e. The summed E-state index contributed by atoms with van der Waals surface area (Å²) in [6, 6.07) is 0. The Balaban J connectivity index is 2.52. The quantitative estimate of drug-likeness (QED) is 0.770. The number of pyridine rings is 1. The molecular weight excluding hydrogens is 176 g/mol. The van der Waals surface area contributed by atoms with Crippen LogP contribution in [0.4, 0.5) is 0 Å². The summed E-state index contributed by atoms with van der Waals surface area (Å²) in [6.45, 7) is 6.73. The predicted molar refractivity (Wildman–Crippen MR) is 55.0 cm³/mol. The van der Waals surface area contributed by atoms with E-state index in [0.29, 0.717) is 6.61 Å². The molecule has 0 aliphatic carbocycles. The second-order valence-electron chi connectivity index (χ2n) is 3.76. The Bertz CT molecular complexity index is 361. The molecule has 0 saturated heterocycles. The minimum absolute atomic E-state index is 0.616. The fourth-order valence-corrected chi connectivity index (χ4v) is 1.99. The monoisotopic (exact) mass is 192 g/mol. The molecule has 0 amide bonds. The lowest BCUT2D eigenvalue weighted by atomic mass is 10.0. The number of aryl methyl sites for hydroxylation is 1. The fourth-order valence-electron chi connectivity index (χ4n) is 1.99. The summed E-state index contributed by atoms with van der Waals surface area (Å²) in [6.07, 6.45) is 0. The summed E-state index contributed by atoms with van der Waals surface area (Å²) >= 11 is 0. The van der Waals surface area contributed by atoms with Gasteiger partial charge < -0.3 is 10.1 Å². The number of hydrogen-bond donors (Lipinski definition) is 1. The molecule has 1 aliphatic rings. The van der Waals surface area contributed by atoms with Crippen LogP contribution in [-0.4, -0.2) is 12.1 Å². The number of methoxy groups -OCH3 is 1. The Morgan fingerprint density at radius 2 is 2.00 bits per heavy atom. The van der Waals surface area contributed by atoms with Crippen LogP contribution in [0.5, 0.6) is 0 Å². The van der Waals surface area contributed by atoms with Crippen LogP contribution < -0.4 is 5.32 Å². The van der Waals surface area contributed by atoms with Gasteiger partial charge in [0.2, 0.25) is 0 Å². The van der Waals surface area contributed by atoms with Crippen molar-refractivity contribution in [3.8, 4) is 0 Å². The van der Waals surface area contributed by atoms with E-state index in [2.05, 4.69) is 24.1 Å². The molecule has 0 aromatic carbocycles. The minimum atomic E-state index is 0.616. The van der Waals surface area contributed by atoms with Crippen molar-refractivity contribution in [2.24, 2.45) is 0 Å². The number of nitrogens with one attached hydrogen (secondary N) is 1. The van der Waals surface area contributed by atoms with Crippen LogP contribution in [0.3, 0.4) is 0 Å². The Morgan fingerprint density at radius 3 is 2.71 bits per heavy atom. The highest BCUT2D eigenvalue weighted by atomic mass is 16.5. The van der Waals surface area contributed by atoms with Crippen LogP contribution in [0.25, 0.3) is 0 Å². The maximum atomic E-state index is 5.16. The molecule has 0 spiro atoms. The van der Waals surface area contributed by atoms with Gasteiger partial charge in [0.05, 0.1) is 12.3 Å². The average Bonchev–Trinajstić information content (AvgIpc) is 2.63. The molecule has 0 unspecified atom stereocenters. The van der Waals surface area contributed by atoms with Gasteiger partial charge >= 0.3 is 0 Å². The zero-order valence-corrected chi connectivity index (χ0v) is 8.98. The molecule has 3 heteroatoms. The van der Waals surface area contributed by atoms with E-state index >= 15 is 0 Å². The number of rotatable bonds is 2. The average molecular weight is 192 g/mol. The van der Waals surface area contributed by atoms with E-state index in [4.69, 9.17) is 4.74 Å². The summed E-state index contributed by atoms with van der Waals surface area (Å²) < 4.78 is 5.16. The van der Waals surface area contributed by atoms with Crippen molar-refractivity contribution in [1.29, 1.82) is 0 Å². The van der Waals surface area contributed by atoms with E-state index in [-0.39, 0.29) is 0 Å². The third-order valence-electron chi connectivity index (χ3n) is 2.90. The molecule has 0 atom stereocenters. The van der Waals surface area contributed by atoms with Gasteiger partial charge in [-0.15, -0.1) is 0 Å². The maximum absolute atomic E-state index is 5.16. The molecule has 1 aliphatic heterocycles. The topological polar surface area (TPSA) is 34.1 Å². The lowest BCUT2D eigenvalue weighted by Crippen LogP contribution is -2.04. The SMILES string of the molecule is COCc1nc(C)c(C)c2c1CNC2. The first kappa shape index (κ1) is 9.62. The second-order valence-corrected chi connectivity index (χ2v) is 3.76. The van der Waals surface area contributed by atoms with Crippen LogP contribution in [0.2, 0.25) is 0 Å². The standard InChI is InChI=1S/C11H16N2O/c1-7-8(2)13-11(6-14-3)10-5-12-4-9(7)10/h12H,4-6H2,1-3H3. The van der Waals surface area contributed by atoms with Crippen molar-refractivity contribution >= 4 is 0 Å². The molecule has 2 heterocycles. The van der Waals surface area contributed by atoms with Crippen LogP contribution in [-0.2, 0) is 24.4 Å². The Hall–Kier alpha value is -0.930. The smallest absolute Gasteiger partial charge is 0.0887 e. The first-order valence-corrected chi connectivity index (χ1v) is 4.91. The fraction of sp³-hybridized carbons (Fsp3) is 0.545. The van der Waals surface area contributed by atoms with Gasteiger partial charge in [-0.05, 0) is 30.5 Å². The van der Waals surface area contributed by atoms with Crippen LogP contribution >= 0.6 is 0 Å². The summed E-state index contributed by atoms with van der Waals surface area (Å²) in [4.78, 5) is 4.57. The molecule has 0 radical (unpaired) electrons. The Kier molecular flexibility index (Phi) is 2.52. The molecule has 76 valence electrons. The van der Waals surface area contributed by atoms with Crippen molar-refractivity contribution in [3.63, 3.8) is 0 Å². The van der Waals surface area contributed by atoms with Gasteiger partial charge in [-0.3, -0.25) is 4.98 Å². The van der Waals surface area contributed by atoms with Gasteiger partial charge in [-0.2, -0.15) is 0 Å². The first-order valence-electron chi connectivity index (χ1n) is 4.91. The summed E-state index contributed by atoms with van der Waals surface area (Å²) in [5.74, 6) is 0. The van der Waals surface area contributed by atoms with Gasteiger partial charge in [0, 0.05) is 25.9 Å². The minimum Gasteiger partial charge on any atom is -0.378 e. The van der Waals surface area contributed by atoms with E-state index in [1.165, 1.54) is 16.7 Å². The van der Waals surface area contributed by atoms with Gasteiger partial charge in [0.1, 0.15) is 0 Å². The highest BCUT2D eigenvalue weighted by Crippen LogP contribution is 2.24. The zero-order valence-electron chi connectivity index (χ0n) is 8.98. The van der Waals surface area contributed by atoms with E-state index in [1.54, 1.807) is 7.11 Å². The lowest BCUT2D eigenvalue weighted by Gasteiger charge is -2.11. The molecular formula is C11H16N2O. The Labute approximate surface area is 84.5 Å². The number of ether oxygens (including phenoxy) is 1. The van der Waals surface area contributed by atoms with Gasteiger partial charge in [0.15, 0.2) is 0 Å². The van der Waals surface area contributed by atoms with Crippen molar-refractivity contribution in [1.82, 2.24) is 10.3 Å². The van der Waals surface area contributed by atoms with Crippen molar-refractivity contribution in [2.75, 3.05) is 7.11 Å². The first-order chi connectivity index (χ1) is 6.74. The molecule has 1 N–H and O–H groups in total. The molecule has 0 saturated carbocycles. The third-order valence-corrected chi connectivity index (χ3v) is 2.90. The van der Waals surface area contributed by atoms with Crippen LogP contribution in [0.1, 0.15) is 28.1 Å². The number of nitrogens with zero attached hydrogens (tertiary/aromatic N) is 1. The molecule has 1 aromatic rings. The number of hydrogen-bond acceptors (Lipinski definition) is 3. The van der Waals surface area contributed by atoms with Crippen LogP contribution in [0, 0.1) is 13.8 Å². The Morgan fingerprint density at radius 1 is 1.29 bits per heavy atom.